The summed E-state index contributed by atoms with van der Waals surface area (Å²) >= 11 is 0. The van der Waals surface area contributed by atoms with Crippen LogP contribution in [0.5, 0.6) is 0 Å². The maximum absolute atomic E-state index is 12.0. The summed E-state index contributed by atoms with van der Waals surface area (Å²) in [6, 6.07) is 6.14. The van der Waals surface area contributed by atoms with Crippen molar-refractivity contribution in [3.8, 4) is 0 Å². The van der Waals surface area contributed by atoms with E-state index >= 15 is 0 Å². The molecule has 21 heavy (non-hydrogen) atoms. The first-order valence-electron chi connectivity index (χ1n) is 6.08. The molecule has 0 saturated heterocycles. The number of hydrogen-bond acceptors (Lipinski definition) is 2. The minimum Gasteiger partial charge on any atom is -0.344 e. The molecule has 0 aliphatic rings. The Balaban J connectivity index is 2.57. The van der Waals surface area contributed by atoms with Gasteiger partial charge in [0.2, 0.25) is 5.91 Å². The molecule has 0 radical (unpaired) electrons. The molecule has 0 aliphatic heterocycles. The number of amides is 2. The minimum atomic E-state index is -4.89. The lowest BCUT2D eigenvalue weighted by molar-refractivity contribution is -0.173. The first-order valence-corrected chi connectivity index (χ1v) is 6.08. The quantitative estimate of drug-likeness (QED) is 0.840. The molecule has 0 spiro atoms. The second-order valence-corrected chi connectivity index (χ2v) is 4.59. The summed E-state index contributed by atoms with van der Waals surface area (Å²) in [5.74, 6) is -2.27. The van der Waals surface area contributed by atoms with Gasteiger partial charge in [-0.05, 0) is 31.5 Å². The third-order valence-electron chi connectivity index (χ3n) is 2.35. The number of halogens is 3. The van der Waals surface area contributed by atoms with E-state index in [1.54, 1.807) is 31.3 Å². The number of rotatable bonds is 4. The predicted molar refractivity (Wildman–Crippen MR) is 72.4 cm³/mol. The standard InChI is InChI=1S/C14H15F3N2O2/c1-9(2)7-12(20)19-11-5-3-10(4-6-11)8-18-13(21)14(15,16)17/h3-7H,8H2,1-2H3,(H,18,21)(H,19,20). The van der Waals surface area contributed by atoms with Crippen LogP contribution in [0.2, 0.25) is 0 Å². The second kappa shape index (κ2) is 6.92. The Bertz CT molecular complexity index is 544. The number of carbonyl (C=O) groups is 2. The Kier molecular flexibility index (Phi) is 5.52. The van der Waals surface area contributed by atoms with Crippen LogP contribution in [0.15, 0.2) is 35.9 Å². The number of nitrogens with one attached hydrogen (secondary N) is 2. The zero-order valence-corrected chi connectivity index (χ0v) is 11.5. The lowest BCUT2D eigenvalue weighted by atomic mass is 10.2. The molecular formula is C14H15F3N2O2. The molecule has 0 saturated carbocycles. The van der Waals surface area contributed by atoms with Crippen molar-refractivity contribution in [2.45, 2.75) is 26.6 Å². The number of anilines is 1. The molecule has 4 nitrogen and oxygen atoms in total. The van der Waals surface area contributed by atoms with E-state index in [0.29, 0.717) is 11.3 Å². The number of alkyl halides is 3. The summed E-state index contributed by atoms with van der Waals surface area (Å²) in [7, 11) is 0. The van der Waals surface area contributed by atoms with Gasteiger partial charge in [0.1, 0.15) is 0 Å². The molecule has 1 aromatic rings. The van der Waals surface area contributed by atoms with Gasteiger partial charge in [-0.1, -0.05) is 17.7 Å². The molecule has 0 unspecified atom stereocenters. The van der Waals surface area contributed by atoms with Crippen LogP contribution in [0.3, 0.4) is 0 Å². The zero-order chi connectivity index (χ0) is 16.0. The molecule has 0 aromatic heterocycles. The molecule has 0 atom stereocenters. The van der Waals surface area contributed by atoms with E-state index in [1.165, 1.54) is 18.2 Å². The van der Waals surface area contributed by atoms with Crippen LogP contribution in [-0.4, -0.2) is 18.0 Å². The average molecular weight is 300 g/mol. The van der Waals surface area contributed by atoms with Crippen LogP contribution in [0.4, 0.5) is 18.9 Å². The normalized spacial score (nSPS) is 10.7. The van der Waals surface area contributed by atoms with Crippen molar-refractivity contribution in [1.82, 2.24) is 5.32 Å². The third-order valence-corrected chi connectivity index (χ3v) is 2.35. The van der Waals surface area contributed by atoms with Crippen molar-refractivity contribution < 1.29 is 22.8 Å². The van der Waals surface area contributed by atoms with E-state index in [2.05, 4.69) is 5.32 Å². The van der Waals surface area contributed by atoms with Crippen LogP contribution in [-0.2, 0) is 16.1 Å². The smallest absolute Gasteiger partial charge is 0.344 e. The van der Waals surface area contributed by atoms with Gasteiger partial charge in [0, 0.05) is 18.3 Å². The topological polar surface area (TPSA) is 58.2 Å². The highest BCUT2D eigenvalue weighted by molar-refractivity contribution is 5.99. The lowest BCUT2D eigenvalue weighted by Crippen LogP contribution is -2.36. The van der Waals surface area contributed by atoms with Crippen molar-refractivity contribution in [1.29, 1.82) is 0 Å². The van der Waals surface area contributed by atoms with Crippen LogP contribution < -0.4 is 10.6 Å². The number of carbonyl (C=O) groups excluding carboxylic acids is 2. The molecule has 2 amide bonds. The largest absolute Gasteiger partial charge is 0.471 e. The average Bonchev–Trinajstić information content (AvgIpc) is 2.35. The Labute approximate surface area is 120 Å². The first kappa shape index (κ1) is 16.7. The molecule has 0 bridgehead atoms. The van der Waals surface area contributed by atoms with Crippen LogP contribution in [0, 0.1) is 0 Å². The van der Waals surface area contributed by atoms with Gasteiger partial charge in [0.15, 0.2) is 0 Å². The van der Waals surface area contributed by atoms with Gasteiger partial charge >= 0.3 is 12.1 Å². The summed E-state index contributed by atoms with van der Waals surface area (Å²) in [5.41, 5.74) is 1.86. The Hall–Kier alpha value is -2.31. The van der Waals surface area contributed by atoms with Gasteiger partial charge in [-0.3, -0.25) is 9.59 Å². The third kappa shape index (κ3) is 6.11. The second-order valence-electron chi connectivity index (χ2n) is 4.59. The summed E-state index contributed by atoms with van der Waals surface area (Å²) in [4.78, 5) is 22.1. The minimum absolute atomic E-state index is 0.236. The Morgan fingerprint density at radius 2 is 1.71 bits per heavy atom. The number of benzene rings is 1. The molecule has 2 N–H and O–H groups in total. The summed E-state index contributed by atoms with van der Waals surface area (Å²) in [6.45, 7) is 3.33. The van der Waals surface area contributed by atoms with Crippen molar-refractivity contribution >= 4 is 17.5 Å². The van der Waals surface area contributed by atoms with Gasteiger partial charge in [0.05, 0.1) is 0 Å². The van der Waals surface area contributed by atoms with Gasteiger partial charge in [0.25, 0.3) is 0 Å². The molecule has 7 heteroatoms. The molecule has 0 fully saturated rings. The molecule has 0 aliphatic carbocycles. The van der Waals surface area contributed by atoms with Gasteiger partial charge in [-0.2, -0.15) is 13.2 Å². The van der Waals surface area contributed by atoms with Gasteiger partial charge in [-0.15, -0.1) is 0 Å². The fourth-order valence-electron chi connectivity index (χ4n) is 1.43. The van der Waals surface area contributed by atoms with E-state index in [0.717, 1.165) is 5.57 Å². The monoisotopic (exact) mass is 300 g/mol. The fraction of sp³-hybridized carbons (Fsp3) is 0.286. The highest BCUT2D eigenvalue weighted by Crippen LogP contribution is 2.15. The first-order chi connectivity index (χ1) is 9.68. The lowest BCUT2D eigenvalue weighted by Gasteiger charge is -2.08. The Morgan fingerprint density at radius 1 is 1.14 bits per heavy atom. The number of hydrogen-bond donors (Lipinski definition) is 2. The Morgan fingerprint density at radius 3 is 2.19 bits per heavy atom. The van der Waals surface area contributed by atoms with Gasteiger partial charge < -0.3 is 10.6 Å². The van der Waals surface area contributed by atoms with Crippen LogP contribution in [0.1, 0.15) is 19.4 Å². The summed E-state index contributed by atoms with van der Waals surface area (Å²) in [5, 5.41) is 4.37. The molecule has 1 aromatic carbocycles. The van der Waals surface area contributed by atoms with E-state index < -0.39 is 12.1 Å². The van der Waals surface area contributed by atoms with Crippen LogP contribution in [0.25, 0.3) is 0 Å². The highest BCUT2D eigenvalue weighted by atomic mass is 19.4. The van der Waals surface area contributed by atoms with E-state index in [-0.39, 0.29) is 12.5 Å². The SMILES string of the molecule is CC(C)=CC(=O)Nc1ccc(CNC(=O)C(F)(F)F)cc1. The molecule has 114 valence electrons. The molecular weight excluding hydrogens is 285 g/mol. The maximum atomic E-state index is 12.0. The maximum Gasteiger partial charge on any atom is 0.471 e. The summed E-state index contributed by atoms with van der Waals surface area (Å²) < 4.78 is 36.0. The van der Waals surface area contributed by atoms with E-state index in [4.69, 9.17) is 0 Å². The van der Waals surface area contributed by atoms with Crippen molar-refractivity contribution in [2.75, 3.05) is 5.32 Å². The van der Waals surface area contributed by atoms with Crippen molar-refractivity contribution in [2.24, 2.45) is 0 Å². The molecule has 1 rings (SSSR count). The highest BCUT2D eigenvalue weighted by Gasteiger charge is 2.38. The van der Waals surface area contributed by atoms with E-state index in [1.807, 2.05) is 0 Å². The number of allylic oxidation sites excluding steroid dienone is 1. The van der Waals surface area contributed by atoms with Crippen molar-refractivity contribution in [3.05, 3.63) is 41.5 Å². The predicted octanol–water partition coefficient (Wildman–Crippen LogP) is 2.77. The molecule has 0 heterocycles. The summed E-state index contributed by atoms with van der Waals surface area (Å²) in [6.07, 6.45) is -3.46. The van der Waals surface area contributed by atoms with E-state index in [9.17, 15) is 22.8 Å². The fourth-order valence-corrected chi connectivity index (χ4v) is 1.43. The zero-order valence-electron chi connectivity index (χ0n) is 11.5. The van der Waals surface area contributed by atoms with Gasteiger partial charge in [-0.25, -0.2) is 0 Å². The van der Waals surface area contributed by atoms with Crippen LogP contribution >= 0.6 is 0 Å². The van der Waals surface area contributed by atoms with Crippen molar-refractivity contribution in [3.63, 3.8) is 0 Å².